The Kier molecular flexibility index (Phi) is 3.85. The molecule has 1 aromatic rings. The maximum Gasteiger partial charge on any atom is 0.0755 e. The molecule has 4 heteroatoms. The van der Waals surface area contributed by atoms with Crippen molar-refractivity contribution in [2.45, 2.75) is 31.8 Å². The highest BCUT2D eigenvalue weighted by molar-refractivity contribution is 5.02. The third kappa shape index (κ3) is 2.57. The molecular formula is C12H20N4. The first-order chi connectivity index (χ1) is 7.79. The van der Waals surface area contributed by atoms with Crippen molar-refractivity contribution >= 4 is 0 Å². The Labute approximate surface area is 97.1 Å². The minimum atomic E-state index is 0.332. The fraction of sp³-hybridized carbons (Fsp3) is 0.667. The summed E-state index contributed by atoms with van der Waals surface area (Å²) in [5.41, 5.74) is 1.05. The average molecular weight is 220 g/mol. The molecule has 2 heterocycles. The lowest BCUT2D eigenvalue weighted by molar-refractivity contribution is 0.153. The first-order valence-electron chi connectivity index (χ1n) is 5.97. The van der Waals surface area contributed by atoms with Gasteiger partial charge in [-0.3, -0.25) is 14.9 Å². The molecule has 1 fully saturated rings. The molecule has 0 aliphatic carbocycles. The van der Waals surface area contributed by atoms with E-state index in [9.17, 15) is 0 Å². The summed E-state index contributed by atoms with van der Waals surface area (Å²) >= 11 is 0. The molecule has 0 radical (unpaired) electrons. The highest BCUT2D eigenvalue weighted by Crippen LogP contribution is 2.20. The van der Waals surface area contributed by atoms with E-state index in [1.54, 1.807) is 12.4 Å². The lowest BCUT2D eigenvalue weighted by Gasteiger charge is -2.35. The van der Waals surface area contributed by atoms with Gasteiger partial charge in [0.05, 0.1) is 11.7 Å². The van der Waals surface area contributed by atoms with Gasteiger partial charge in [0.1, 0.15) is 0 Å². The fourth-order valence-corrected chi connectivity index (χ4v) is 2.23. The molecule has 2 rings (SSSR count). The minimum Gasteiger partial charge on any atom is -0.315 e. The first-order valence-corrected chi connectivity index (χ1v) is 5.97. The van der Waals surface area contributed by atoms with E-state index in [1.165, 1.54) is 12.8 Å². The highest BCUT2D eigenvalue weighted by atomic mass is 15.2. The number of hydrogen-bond donors (Lipinski definition) is 1. The molecule has 0 amide bonds. The Morgan fingerprint density at radius 1 is 1.50 bits per heavy atom. The van der Waals surface area contributed by atoms with Gasteiger partial charge in [-0.05, 0) is 33.4 Å². The molecule has 0 saturated carbocycles. The molecule has 2 atom stereocenters. The van der Waals surface area contributed by atoms with Gasteiger partial charge in [-0.25, -0.2) is 0 Å². The van der Waals surface area contributed by atoms with E-state index in [-0.39, 0.29) is 0 Å². The van der Waals surface area contributed by atoms with Crippen LogP contribution in [-0.2, 0) is 0 Å². The molecular weight excluding hydrogens is 200 g/mol. The second kappa shape index (κ2) is 5.37. The van der Waals surface area contributed by atoms with E-state index in [4.69, 9.17) is 0 Å². The Balaban J connectivity index is 2.00. The lowest BCUT2D eigenvalue weighted by Crippen LogP contribution is -2.45. The summed E-state index contributed by atoms with van der Waals surface area (Å²) in [6.07, 6.45) is 7.88. The van der Waals surface area contributed by atoms with Crippen molar-refractivity contribution in [1.82, 2.24) is 20.2 Å². The summed E-state index contributed by atoms with van der Waals surface area (Å²) in [5.74, 6) is 0. The predicted molar refractivity (Wildman–Crippen MR) is 64.1 cm³/mol. The van der Waals surface area contributed by atoms with Crippen LogP contribution >= 0.6 is 0 Å². The topological polar surface area (TPSA) is 41.1 Å². The number of likely N-dealkylation sites (N-methyl/N-ethyl adjacent to an activating group) is 1. The van der Waals surface area contributed by atoms with Crippen LogP contribution in [0.1, 0.15) is 31.5 Å². The highest BCUT2D eigenvalue weighted by Gasteiger charge is 2.23. The standard InChI is InChI=1S/C12H20N4/c1-10(12-9-14-6-7-15-12)16(2)11-4-3-5-13-8-11/h6-7,9-11,13H,3-5,8H2,1-2H3/t10?,11-/m1/s1. The summed E-state index contributed by atoms with van der Waals surface area (Å²) in [4.78, 5) is 10.9. The zero-order valence-corrected chi connectivity index (χ0v) is 10.1. The zero-order chi connectivity index (χ0) is 11.4. The summed E-state index contributed by atoms with van der Waals surface area (Å²) in [6.45, 7) is 4.43. The van der Waals surface area contributed by atoms with Gasteiger partial charge in [-0.1, -0.05) is 0 Å². The van der Waals surface area contributed by atoms with Crippen molar-refractivity contribution in [3.63, 3.8) is 0 Å². The van der Waals surface area contributed by atoms with E-state index in [2.05, 4.69) is 34.2 Å². The van der Waals surface area contributed by atoms with Crippen LogP contribution in [0.4, 0.5) is 0 Å². The number of piperidine rings is 1. The van der Waals surface area contributed by atoms with E-state index in [1.807, 2.05) is 6.20 Å². The lowest BCUT2D eigenvalue weighted by atomic mass is 10.0. The maximum absolute atomic E-state index is 4.37. The molecule has 88 valence electrons. The Morgan fingerprint density at radius 2 is 2.38 bits per heavy atom. The van der Waals surface area contributed by atoms with Crippen molar-refractivity contribution in [2.24, 2.45) is 0 Å². The third-order valence-electron chi connectivity index (χ3n) is 3.47. The first kappa shape index (κ1) is 11.5. The van der Waals surface area contributed by atoms with Crippen LogP contribution in [0, 0.1) is 0 Å². The van der Waals surface area contributed by atoms with Gasteiger partial charge in [-0.2, -0.15) is 0 Å². The van der Waals surface area contributed by atoms with Gasteiger partial charge >= 0.3 is 0 Å². The van der Waals surface area contributed by atoms with Gasteiger partial charge in [0.25, 0.3) is 0 Å². The van der Waals surface area contributed by atoms with Crippen molar-refractivity contribution in [3.8, 4) is 0 Å². The zero-order valence-electron chi connectivity index (χ0n) is 10.1. The van der Waals surface area contributed by atoms with Crippen LogP contribution < -0.4 is 5.32 Å². The Bertz CT molecular complexity index is 308. The van der Waals surface area contributed by atoms with E-state index in [0.29, 0.717) is 12.1 Å². The van der Waals surface area contributed by atoms with Crippen LogP contribution in [0.15, 0.2) is 18.6 Å². The molecule has 1 aliphatic rings. The van der Waals surface area contributed by atoms with Gasteiger partial charge in [0.2, 0.25) is 0 Å². The third-order valence-corrected chi connectivity index (χ3v) is 3.47. The number of aromatic nitrogens is 2. The molecule has 16 heavy (non-hydrogen) atoms. The second-order valence-electron chi connectivity index (χ2n) is 4.47. The number of rotatable bonds is 3. The fourth-order valence-electron chi connectivity index (χ4n) is 2.23. The summed E-state index contributed by atoms with van der Waals surface area (Å²) in [6, 6.07) is 0.948. The van der Waals surface area contributed by atoms with Crippen molar-refractivity contribution in [3.05, 3.63) is 24.3 Å². The van der Waals surface area contributed by atoms with Crippen molar-refractivity contribution in [1.29, 1.82) is 0 Å². The van der Waals surface area contributed by atoms with Crippen LogP contribution in [0.25, 0.3) is 0 Å². The van der Waals surface area contributed by atoms with Gasteiger partial charge in [-0.15, -0.1) is 0 Å². The van der Waals surface area contributed by atoms with Crippen molar-refractivity contribution in [2.75, 3.05) is 20.1 Å². The molecule has 0 spiro atoms. The predicted octanol–water partition coefficient (Wildman–Crippen LogP) is 1.22. The van der Waals surface area contributed by atoms with E-state index < -0.39 is 0 Å². The number of nitrogens with one attached hydrogen (secondary N) is 1. The van der Waals surface area contributed by atoms with E-state index >= 15 is 0 Å². The monoisotopic (exact) mass is 220 g/mol. The summed E-state index contributed by atoms with van der Waals surface area (Å²) in [5, 5.41) is 3.44. The smallest absolute Gasteiger partial charge is 0.0755 e. The summed E-state index contributed by atoms with van der Waals surface area (Å²) in [7, 11) is 2.18. The molecule has 1 unspecified atom stereocenters. The van der Waals surface area contributed by atoms with Crippen molar-refractivity contribution < 1.29 is 0 Å². The van der Waals surface area contributed by atoms with Crippen LogP contribution in [0.5, 0.6) is 0 Å². The largest absolute Gasteiger partial charge is 0.315 e. The molecule has 1 N–H and O–H groups in total. The second-order valence-corrected chi connectivity index (χ2v) is 4.47. The number of nitrogens with zero attached hydrogens (tertiary/aromatic N) is 3. The molecule has 1 aliphatic heterocycles. The average Bonchev–Trinajstić information content (AvgIpc) is 2.39. The van der Waals surface area contributed by atoms with Crippen LogP contribution in [-0.4, -0.2) is 41.0 Å². The van der Waals surface area contributed by atoms with Gasteiger partial charge < -0.3 is 5.32 Å². The molecule has 0 aromatic carbocycles. The normalized spacial score (nSPS) is 23.3. The molecule has 0 bridgehead atoms. The molecule has 1 saturated heterocycles. The summed E-state index contributed by atoms with van der Waals surface area (Å²) < 4.78 is 0. The maximum atomic E-state index is 4.37. The number of hydrogen-bond acceptors (Lipinski definition) is 4. The molecule has 1 aromatic heterocycles. The Hall–Kier alpha value is -1.00. The SMILES string of the molecule is CC(c1cnccn1)N(C)[C@@H]1CCCNC1. The van der Waals surface area contributed by atoms with Gasteiger partial charge in [0.15, 0.2) is 0 Å². The van der Waals surface area contributed by atoms with E-state index in [0.717, 1.165) is 18.8 Å². The Morgan fingerprint density at radius 3 is 3.00 bits per heavy atom. The van der Waals surface area contributed by atoms with Gasteiger partial charge in [0, 0.05) is 31.2 Å². The van der Waals surface area contributed by atoms with Crippen LogP contribution in [0.2, 0.25) is 0 Å². The van der Waals surface area contributed by atoms with Crippen LogP contribution in [0.3, 0.4) is 0 Å². The quantitative estimate of drug-likeness (QED) is 0.831. The molecule has 4 nitrogen and oxygen atoms in total. The minimum absolute atomic E-state index is 0.332.